The minimum Gasteiger partial charge on any atom is -0.326 e. The molecule has 0 aliphatic carbocycles. The van der Waals surface area contributed by atoms with Crippen LogP contribution < -0.4 is 5.73 Å². The smallest absolute Gasteiger partial charge is 0.128 e. The van der Waals surface area contributed by atoms with Crippen LogP contribution in [0.5, 0.6) is 0 Å². The zero-order valence-electron chi connectivity index (χ0n) is 10.5. The van der Waals surface area contributed by atoms with Crippen LogP contribution in [0.3, 0.4) is 0 Å². The molecule has 17 heavy (non-hydrogen) atoms. The predicted molar refractivity (Wildman–Crippen MR) is 68.0 cm³/mol. The minimum atomic E-state index is -0.120. The maximum atomic E-state index is 13.8. The van der Waals surface area contributed by atoms with Crippen molar-refractivity contribution in [3.8, 4) is 0 Å². The average molecular weight is 236 g/mol. The number of hydrogen-bond donors (Lipinski definition) is 1. The molecule has 1 saturated heterocycles. The van der Waals surface area contributed by atoms with Gasteiger partial charge in [-0.3, -0.25) is 4.90 Å². The summed E-state index contributed by atoms with van der Waals surface area (Å²) in [4.78, 5) is 2.37. The summed E-state index contributed by atoms with van der Waals surface area (Å²) in [6, 6.07) is 5.92. The first-order chi connectivity index (χ1) is 8.20. The zero-order chi connectivity index (χ0) is 12.3. The Kier molecular flexibility index (Phi) is 4.13. The van der Waals surface area contributed by atoms with Crippen LogP contribution in [0.25, 0.3) is 0 Å². The monoisotopic (exact) mass is 236 g/mol. The molecule has 94 valence electrons. The van der Waals surface area contributed by atoms with Crippen molar-refractivity contribution < 1.29 is 4.39 Å². The molecule has 1 heterocycles. The summed E-state index contributed by atoms with van der Waals surface area (Å²) in [7, 11) is 0. The van der Waals surface area contributed by atoms with Crippen molar-refractivity contribution in [2.45, 2.75) is 45.3 Å². The fourth-order valence-electron chi connectivity index (χ4n) is 2.46. The van der Waals surface area contributed by atoms with Crippen molar-refractivity contribution in [1.82, 2.24) is 4.90 Å². The van der Waals surface area contributed by atoms with Crippen molar-refractivity contribution >= 4 is 0 Å². The number of halogens is 1. The highest BCUT2D eigenvalue weighted by Gasteiger charge is 2.19. The lowest BCUT2D eigenvalue weighted by Crippen LogP contribution is -2.36. The number of piperidine rings is 1. The molecule has 2 N–H and O–H groups in total. The lowest BCUT2D eigenvalue weighted by molar-refractivity contribution is 0.151. The number of nitrogens with two attached hydrogens (primary N) is 1. The van der Waals surface area contributed by atoms with Crippen molar-refractivity contribution in [3.05, 3.63) is 35.1 Å². The van der Waals surface area contributed by atoms with Gasteiger partial charge in [-0.05, 0) is 37.9 Å². The summed E-state index contributed by atoms with van der Waals surface area (Å²) in [5, 5.41) is 0. The van der Waals surface area contributed by atoms with Crippen molar-refractivity contribution in [2.24, 2.45) is 5.73 Å². The molecular weight excluding hydrogens is 215 g/mol. The minimum absolute atomic E-state index is 0.120. The van der Waals surface area contributed by atoms with Crippen LogP contribution in [0.2, 0.25) is 0 Å². The molecule has 1 atom stereocenters. The largest absolute Gasteiger partial charge is 0.326 e. The van der Waals surface area contributed by atoms with Gasteiger partial charge in [0.25, 0.3) is 0 Å². The summed E-state index contributed by atoms with van der Waals surface area (Å²) in [6.07, 6.45) is 3.75. The van der Waals surface area contributed by atoms with Gasteiger partial charge in [-0.2, -0.15) is 0 Å². The summed E-state index contributed by atoms with van der Waals surface area (Å²) < 4.78 is 13.8. The highest BCUT2D eigenvalue weighted by molar-refractivity contribution is 5.24. The predicted octanol–water partition coefficient (Wildman–Crippen LogP) is 2.66. The molecule has 1 aromatic rings. The normalized spacial score (nSPS) is 21.7. The van der Waals surface area contributed by atoms with Gasteiger partial charge >= 0.3 is 0 Å². The Morgan fingerprint density at radius 1 is 1.41 bits per heavy atom. The topological polar surface area (TPSA) is 29.3 Å². The molecule has 1 aliphatic heterocycles. The molecule has 1 unspecified atom stereocenters. The zero-order valence-corrected chi connectivity index (χ0v) is 10.5. The Labute approximate surface area is 103 Å². The van der Waals surface area contributed by atoms with E-state index in [0.29, 0.717) is 12.6 Å². The first-order valence-corrected chi connectivity index (χ1v) is 6.42. The van der Waals surface area contributed by atoms with E-state index in [1.165, 1.54) is 19.3 Å². The molecule has 3 heteroatoms. The summed E-state index contributed by atoms with van der Waals surface area (Å²) in [5.41, 5.74) is 7.15. The molecule has 0 amide bonds. The van der Waals surface area contributed by atoms with Crippen LogP contribution in [0, 0.1) is 5.82 Å². The average Bonchev–Trinajstić information content (AvgIpc) is 2.34. The van der Waals surface area contributed by atoms with Crippen LogP contribution >= 0.6 is 0 Å². The van der Waals surface area contributed by atoms with Crippen molar-refractivity contribution in [2.75, 3.05) is 6.54 Å². The third kappa shape index (κ3) is 3.05. The van der Waals surface area contributed by atoms with Gasteiger partial charge in [-0.1, -0.05) is 18.6 Å². The van der Waals surface area contributed by atoms with Gasteiger partial charge in [-0.15, -0.1) is 0 Å². The molecular formula is C14H21FN2. The lowest BCUT2D eigenvalue weighted by Gasteiger charge is -2.33. The first-order valence-electron chi connectivity index (χ1n) is 6.42. The standard InChI is InChI=1S/C14H21FN2/c1-11-4-2-3-7-17(11)10-13-6-5-12(9-16)8-14(13)15/h5-6,8,11H,2-4,7,9-10,16H2,1H3. The van der Waals surface area contributed by atoms with Gasteiger partial charge in [0.2, 0.25) is 0 Å². The Bertz CT molecular complexity index is 378. The van der Waals surface area contributed by atoms with E-state index >= 15 is 0 Å². The van der Waals surface area contributed by atoms with Gasteiger partial charge in [0.15, 0.2) is 0 Å². The van der Waals surface area contributed by atoms with Crippen LogP contribution in [0.15, 0.2) is 18.2 Å². The van der Waals surface area contributed by atoms with E-state index < -0.39 is 0 Å². The second-order valence-electron chi connectivity index (χ2n) is 4.95. The van der Waals surface area contributed by atoms with E-state index in [9.17, 15) is 4.39 Å². The number of rotatable bonds is 3. The Balaban J connectivity index is 2.07. The molecule has 1 fully saturated rings. The molecule has 0 radical (unpaired) electrons. The third-order valence-electron chi connectivity index (χ3n) is 3.67. The van der Waals surface area contributed by atoms with E-state index in [2.05, 4.69) is 11.8 Å². The van der Waals surface area contributed by atoms with Gasteiger partial charge in [0.05, 0.1) is 0 Å². The lowest BCUT2D eigenvalue weighted by atomic mass is 10.0. The van der Waals surface area contributed by atoms with Crippen molar-refractivity contribution in [1.29, 1.82) is 0 Å². The summed E-state index contributed by atoms with van der Waals surface area (Å²) in [6.45, 7) is 4.43. The SMILES string of the molecule is CC1CCCCN1Cc1ccc(CN)cc1F. The molecule has 0 bridgehead atoms. The molecule has 0 spiro atoms. The van der Waals surface area contributed by atoms with E-state index in [1.54, 1.807) is 6.07 Å². The van der Waals surface area contributed by atoms with Crippen LogP contribution in [0.1, 0.15) is 37.3 Å². The summed E-state index contributed by atoms with van der Waals surface area (Å²) >= 11 is 0. The van der Waals surface area contributed by atoms with Gasteiger partial charge in [0, 0.05) is 24.7 Å². The number of hydrogen-bond acceptors (Lipinski definition) is 2. The Hall–Kier alpha value is -0.930. The maximum Gasteiger partial charge on any atom is 0.128 e. The summed E-state index contributed by atoms with van der Waals surface area (Å²) in [5.74, 6) is -0.120. The Morgan fingerprint density at radius 3 is 2.88 bits per heavy atom. The highest BCUT2D eigenvalue weighted by atomic mass is 19.1. The van der Waals surface area contributed by atoms with Crippen LogP contribution in [-0.4, -0.2) is 17.5 Å². The van der Waals surface area contributed by atoms with E-state index in [4.69, 9.17) is 5.73 Å². The van der Waals surface area contributed by atoms with E-state index in [0.717, 1.165) is 24.2 Å². The molecule has 0 saturated carbocycles. The Morgan fingerprint density at radius 2 is 2.24 bits per heavy atom. The third-order valence-corrected chi connectivity index (χ3v) is 3.67. The number of nitrogens with zero attached hydrogens (tertiary/aromatic N) is 1. The molecule has 2 rings (SSSR count). The fourth-order valence-corrected chi connectivity index (χ4v) is 2.46. The highest BCUT2D eigenvalue weighted by Crippen LogP contribution is 2.20. The van der Waals surface area contributed by atoms with Gasteiger partial charge in [0.1, 0.15) is 5.82 Å². The van der Waals surface area contributed by atoms with Crippen LogP contribution in [-0.2, 0) is 13.1 Å². The first kappa shape index (κ1) is 12.5. The second kappa shape index (κ2) is 5.61. The van der Waals surface area contributed by atoms with Gasteiger partial charge in [-0.25, -0.2) is 4.39 Å². The molecule has 1 aromatic carbocycles. The van der Waals surface area contributed by atoms with Crippen LogP contribution in [0.4, 0.5) is 4.39 Å². The second-order valence-corrected chi connectivity index (χ2v) is 4.95. The number of benzene rings is 1. The maximum absolute atomic E-state index is 13.8. The van der Waals surface area contributed by atoms with Crippen molar-refractivity contribution in [3.63, 3.8) is 0 Å². The molecule has 1 aliphatic rings. The quantitative estimate of drug-likeness (QED) is 0.874. The van der Waals surface area contributed by atoms with Gasteiger partial charge < -0.3 is 5.73 Å². The van der Waals surface area contributed by atoms with E-state index in [1.807, 2.05) is 12.1 Å². The number of likely N-dealkylation sites (tertiary alicyclic amines) is 1. The fraction of sp³-hybridized carbons (Fsp3) is 0.571. The van der Waals surface area contributed by atoms with E-state index in [-0.39, 0.29) is 5.82 Å². The molecule has 2 nitrogen and oxygen atoms in total. The molecule has 0 aromatic heterocycles.